The van der Waals surface area contributed by atoms with Gasteiger partial charge in [-0.25, -0.2) is 0 Å². The van der Waals surface area contributed by atoms with E-state index >= 15 is 0 Å². The van der Waals surface area contributed by atoms with Crippen molar-refractivity contribution in [3.05, 3.63) is 0 Å². The molecule has 0 saturated heterocycles. The van der Waals surface area contributed by atoms with Gasteiger partial charge in [0.1, 0.15) is 0 Å². The average Bonchev–Trinajstić information content (AvgIpc) is 2.01. The number of hydrogen-bond acceptors (Lipinski definition) is 3. The number of nitrogens with one attached hydrogen (secondary N) is 1. The Morgan fingerprint density at radius 2 is 2.00 bits per heavy atom. The summed E-state index contributed by atoms with van der Waals surface area (Å²) in [5.41, 5.74) is 5.36. The topological polar surface area (TPSA) is 58.3 Å². The van der Waals surface area contributed by atoms with Crippen molar-refractivity contribution in [2.75, 3.05) is 13.1 Å². The minimum Gasteiger partial charge on any atom is -0.393 e. The highest BCUT2D eigenvalue weighted by atomic mass is 16.3. The Labute approximate surface area is 75.3 Å². The Kier molecular flexibility index (Phi) is 7.45. The number of nitrogens with two attached hydrogens (primary N) is 1. The monoisotopic (exact) mass is 174 g/mol. The molecule has 0 aliphatic heterocycles. The average molecular weight is 174 g/mol. The van der Waals surface area contributed by atoms with Crippen molar-refractivity contribution in [2.45, 2.75) is 45.3 Å². The van der Waals surface area contributed by atoms with Crippen LogP contribution in [0, 0.1) is 0 Å². The lowest BCUT2D eigenvalue weighted by molar-refractivity contribution is 0.177. The molecule has 4 N–H and O–H groups in total. The summed E-state index contributed by atoms with van der Waals surface area (Å²) in [5, 5.41) is 12.4. The minimum atomic E-state index is -0.177. The van der Waals surface area contributed by atoms with Gasteiger partial charge in [0.05, 0.1) is 6.10 Å². The van der Waals surface area contributed by atoms with Crippen LogP contribution < -0.4 is 11.1 Å². The molecule has 0 radical (unpaired) electrons. The summed E-state index contributed by atoms with van der Waals surface area (Å²) < 4.78 is 0. The predicted molar refractivity (Wildman–Crippen MR) is 52.1 cm³/mol. The zero-order valence-corrected chi connectivity index (χ0v) is 8.21. The number of rotatable bonds is 7. The van der Waals surface area contributed by atoms with Crippen molar-refractivity contribution in [3.8, 4) is 0 Å². The maximum Gasteiger partial charge on any atom is 0.0512 e. The SMILES string of the molecule is CC(O)CCC(C)NCCCN. The molecule has 0 fully saturated rings. The highest BCUT2D eigenvalue weighted by molar-refractivity contribution is 4.62. The highest BCUT2D eigenvalue weighted by Crippen LogP contribution is 2.00. The first-order valence-corrected chi connectivity index (χ1v) is 4.78. The molecule has 2 atom stereocenters. The summed E-state index contributed by atoms with van der Waals surface area (Å²) in [6.45, 7) is 5.69. The standard InChI is InChI=1S/C9H22N2O/c1-8(4-5-9(2)12)11-7-3-6-10/h8-9,11-12H,3-7,10H2,1-2H3. The van der Waals surface area contributed by atoms with Gasteiger partial charge < -0.3 is 16.2 Å². The molecule has 3 heteroatoms. The predicted octanol–water partition coefficient (Wildman–Crippen LogP) is 0.474. The summed E-state index contributed by atoms with van der Waals surface area (Å²) in [6.07, 6.45) is 2.75. The fourth-order valence-corrected chi connectivity index (χ4v) is 1.04. The van der Waals surface area contributed by atoms with Crippen LogP contribution >= 0.6 is 0 Å². The van der Waals surface area contributed by atoms with Gasteiger partial charge in [-0.2, -0.15) is 0 Å². The van der Waals surface area contributed by atoms with Gasteiger partial charge in [-0.1, -0.05) is 0 Å². The molecule has 3 nitrogen and oxygen atoms in total. The van der Waals surface area contributed by atoms with Crippen LogP contribution in [0.15, 0.2) is 0 Å². The van der Waals surface area contributed by atoms with Crippen molar-refractivity contribution in [1.82, 2.24) is 5.32 Å². The van der Waals surface area contributed by atoms with E-state index in [4.69, 9.17) is 10.8 Å². The Morgan fingerprint density at radius 1 is 1.33 bits per heavy atom. The maximum atomic E-state index is 9.03. The lowest BCUT2D eigenvalue weighted by Crippen LogP contribution is -2.28. The molecule has 0 amide bonds. The third-order valence-corrected chi connectivity index (χ3v) is 1.89. The van der Waals surface area contributed by atoms with E-state index in [2.05, 4.69) is 12.2 Å². The molecule has 74 valence electrons. The quantitative estimate of drug-likeness (QED) is 0.492. The van der Waals surface area contributed by atoms with Gasteiger partial charge in [-0.15, -0.1) is 0 Å². The number of aliphatic hydroxyl groups is 1. The molecule has 0 bridgehead atoms. The molecular weight excluding hydrogens is 152 g/mol. The van der Waals surface area contributed by atoms with Gasteiger partial charge in [0.2, 0.25) is 0 Å². The Morgan fingerprint density at radius 3 is 2.50 bits per heavy atom. The van der Waals surface area contributed by atoms with Crippen molar-refractivity contribution >= 4 is 0 Å². The third-order valence-electron chi connectivity index (χ3n) is 1.89. The summed E-state index contributed by atoms with van der Waals surface area (Å²) in [5.74, 6) is 0. The lowest BCUT2D eigenvalue weighted by atomic mass is 10.1. The van der Waals surface area contributed by atoms with Crippen molar-refractivity contribution in [3.63, 3.8) is 0 Å². The first kappa shape index (κ1) is 11.9. The molecule has 0 aromatic rings. The molecule has 0 aromatic heterocycles. The summed E-state index contributed by atoms with van der Waals surface area (Å²) in [4.78, 5) is 0. The number of hydrogen-bond donors (Lipinski definition) is 3. The van der Waals surface area contributed by atoms with E-state index in [1.165, 1.54) is 0 Å². The van der Waals surface area contributed by atoms with E-state index in [9.17, 15) is 0 Å². The van der Waals surface area contributed by atoms with E-state index < -0.39 is 0 Å². The molecule has 0 rings (SSSR count). The fourth-order valence-electron chi connectivity index (χ4n) is 1.04. The summed E-state index contributed by atoms with van der Waals surface area (Å²) >= 11 is 0. The molecule has 0 spiro atoms. The van der Waals surface area contributed by atoms with Crippen LogP contribution in [0.4, 0.5) is 0 Å². The zero-order valence-electron chi connectivity index (χ0n) is 8.21. The van der Waals surface area contributed by atoms with E-state index in [0.29, 0.717) is 6.04 Å². The van der Waals surface area contributed by atoms with Crippen LogP contribution in [0.2, 0.25) is 0 Å². The van der Waals surface area contributed by atoms with Gasteiger partial charge in [0, 0.05) is 6.04 Å². The fraction of sp³-hybridized carbons (Fsp3) is 1.00. The molecular formula is C9H22N2O. The second-order valence-electron chi connectivity index (χ2n) is 3.42. The van der Waals surface area contributed by atoms with Gasteiger partial charge in [-0.05, 0) is 46.2 Å². The van der Waals surface area contributed by atoms with Crippen molar-refractivity contribution in [1.29, 1.82) is 0 Å². The van der Waals surface area contributed by atoms with E-state index in [-0.39, 0.29) is 6.10 Å². The maximum absolute atomic E-state index is 9.03. The van der Waals surface area contributed by atoms with Crippen LogP contribution in [0.25, 0.3) is 0 Å². The molecule has 0 aromatic carbocycles. The highest BCUT2D eigenvalue weighted by Gasteiger charge is 2.02. The second-order valence-corrected chi connectivity index (χ2v) is 3.42. The molecule has 0 aliphatic carbocycles. The van der Waals surface area contributed by atoms with Crippen LogP contribution in [0.3, 0.4) is 0 Å². The number of aliphatic hydroxyl groups excluding tert-OH is 1. The van der Waals surface area contributed by atoms with Crippen molar-refractivity contribution < 1.29 is 5.11 Å². The first-order chi connectivity index (χ1) is 5.66. The molecule has 0 aliphatic rings. The normalized spacial score (nSPS) is 16.0. The summed E-state index contributed by atoms with van der Waals surface area (Å²) in [6, 6.07) is 0.492. The lowest BCUT2D eigenvalue weighted by Gasteiger charge is -2.13. The van der Waals surface area contributed by atoms with Crippen molar-refractivity contribution in [2.24, 2.45) is 5.73 Å². The third kappa shape index (κ3) is 7.98. The molecule has 0 saturated carbocycles. The smallest absolute Gasteiger partial charge is 0.0512 e. The van der Waals surface area contributed by atoms with Gasteiger partial charge in [0.25, 0.3) is 0 Å². The second kappa shape index (κ2) is 7.53. The first-order valence-electron chi connectivity index (χ1n) is 4.78. The Balaban J connectivity index is 3.15. The van der Waals surface area contributed by atoms with E-state index in [1.807, 2.05) is 6.92 Å². The van der Waals surface area contributed by atoms with Gasteiger partial charge in [0.15, 0.2) is 0 Å². The van der Waals surface area contributed by atoms with Gasteiger partial charge >= 0.3 is 0 Å². The molecule has 12 heavy (non-hydrogen) atoms. The molecule has 0 heterocycles. The Bertz CT molecular complexity index is 96.5. The molecule has 2 unspecified atom stereocenters. The van der Waals surface area contributed by atoms with Gasteiger partial charge in [-0.3, -0.25) is 0 Å². The van der Waals surface area contributed by atoms with E-state index in [0.717, 1.165) is 32.4 Å². The minimum absolute atomic E-state index is 0.177. The van der Waals surface area contributed by atoms with Crippen LogP contribution in [-0.4, -0.2) is 30.3 Å². The summed E-state index contributed by atoms with van der Waals surface area (Å²) in [7, 11) is 0. The Hall–Kier alpha value is -0.120. The van der Waals surface area contributed by atoms with Crippen LogP contribution in [0.5, 0.6) is 0 Å². The van der Waals surface area contributed by atoms with Crippen LogP contribution in [0.1, 0.15) is 33.1 Å². The largest absolute Gasteiger partial charge is 0.393 e. The zero-order chi connectivity index (χ0) is 9.40. The van der Waals surface area contributed by atoms with E-state index in [1.54, 1.807) is 0 Å². The van der Waals surface area contributed by atoms with Crippen LogP contribution in [-0.2, 0) is 0 Å².